The van der Waals surface area contributed by atoms with Crippen LogP contribution in [-0.4, -0.2) is 25.3 Å². The predicted molar refractivity (Wildman–Crippen MR) is 84.0 cm³/mol. The van der Waals surface area contributed by atoms with Crippen LogP contribution < -0.4 is 15.1 Å². The van der Waals surface area contributed by atoms with Gasteiger partial charge in [0.1, 0.15) is 22.6 Å². The van der Waals surface area contributed by atoms with Crippen LogP contribution in [0.4, 0.5) is 0 Å². The van der Waals surface area contributed by atoms with Crippen LogP contribution in [0.3, 0.4) is 0 Å². The van der Waals surface area contributed by atoms with Gasteiger partial charge in [0, 0.05) is 25.0 Å². The highest BCUT2D eigenvalue weighted by molar-refractivity contribution is 6.06. The lowest BCUT2D eigenvalue weighted by atomic mass is 9.90. The lowest BCUT2D eigenvalue weighted by Gasteiger charge is -2.22. The fourth-order valence-electron chi connectivity index (χ4n) is 4.35. The Kier molecular flexibility index (Phi) is 2.57. The average molecular weight is 328 g/mol. The number of hydrogen-bond acceptors (Lipinski definition) is 6. The molecular formula is C18H16O6. The molecule has 1 aromatic carbocycles. The number of carbonyl (C=O) groups is 1. The molecule has 124 valence electrons. The third-order valence-electron chi connectivity index (χ3n) is 5.44. The third kappa shape index (κ3) is 1.54. The Morgan fingerprint density at radius 1 is 1.29 bits per heavy atom. The molecule has 0 spiro atoms. The van der Waals surface area contributed by atoms with Crippen molar-refractivity contribution in [2.75, 3.05) is 13.7 Å². The van der Waals surface area contributed by atoms with Crippen molar-refractivity contribution in [2.24, 2.45) is 0 Å². The van der Waals surface area contributed by atoms with Gasteiger partial charge in [0.05, 0.1) is 25.0 Å². The number of aryl methyl sites for hydroxylation is 1. The Labute approximate surface area is 137 Å². The van der Waals surface area contributed by atoms with E-state index in [4.69, 9.17) is 18.6 Å². The molecule has 0 N–H and O–H groups in total. The molecule has 2 unspecified atom stereocenters. The van der Waals surface area contributed by atoms with Crippen LogP contribution in [-0.2, 0) is 11.2 Å². The highest BCUT2D eigenvalue weighted by Gasteiger charge is 2.52. The Balaban J connectivity index is 1.92. The zero-order valence-electron chi connectivity index (χ0n) is 13.4. The van der Waals surface area contributed by atoms with E-state index in [0.717, 1.165) is 22.9 Å². The van der Waals surface area contributed by atoms with Gasteiger partial charge in [0.2, 0.25) is 5.79 Å². The first kappa shape index (κ1) is 14.0. The molecule has 0 radical (unpaired) electrons. The Morgan fingerprint density at radius 3 is 2.92 bits per heavy atom. The van der Waals surface area contributed by atoms with Crippen LogP contribution in [0.2, 0.25) is 0 Å². The monoisotopic (exact) mass is 328 g/mol. The van der Waals surface area contributed by atoms with Crippen molar-refractivity contribution in [3.05, 3.63) is 33.2 Å². The summed E-state index contributed by atoms with van der Waals surface area (Å²) in [6.07, 6.45) is 1.66. The van der Waals surface area contributed by atoms with E-state index in [-0.39, 0.29) is 17.3 Å². The van der Waals surface area contributed by atoms with Crippen LogP contribution in [0.5, 0.6) is 11.5 Å². The second kappa shape index (κ2) is 4.39. The molecule has 6 nitrogen and oxygen atoms in total. The highest BCUT2D eigenvalue weighted by Crippen LogP contribution is 2.55. The Morgan fingerprint density at radius 2 is 2.12 bits per heavy atom. The number of carbonyl (C=O) groups excluding carboxylic acids is 1. The molecule has 2 aliphatic heterocycles. The van der Waals surface area contributed by atoms with Crippen molar-refractivity contribution in [3.63, 3.8) is 0 Å². The molecule has 5 rings (SSSR count). The second-order valence-electron chi connectivity index (χ2n) is 6.67. The van der Waals surface area contributed by atoms with E-state index in [1.807, 2.05) is 13.0 Å². The van der Waals surface area contributed by atoms with E-state index in [9.17, 15) is 9.59 Å². The minimum Gasteiger partial charge on any atom is -0.496 e. The Bertz CT molecular complexity index is 972. The van der Waals surface area contributed by atoms with Crippen LogP contribution in [0.15, 0.2) is 15.3 Å². The largest absolute Gasteiger partial charge is 0.496 e. The predicted octanol–water partition coefficient (Wildman–Crippen LogP) is 2.54. The highest BCUT2D eigenvalue weighted by atomic mass is 16.7. The van der Waals surface area contributed by atoms with E-state index in [2.05, 4.69) is 0 Å². The number of fused-ring (bicyclic) bond motifs is 7. The summed E-state index contributed by atoms with van der Waals surface area (Å²) in [5, 5.41) is 0.719. The molecule has 1 saturated heterocycles. The van der Waals surface area contributed by atoms with Gasteiger partial charge < -0.3 is 18.6 Å². The van der Waals surface area contributed by atoms with Crippen LogP contribution in [0.1, 0.15) is 47.2 Å². The number of benzene rings is 1. The summed E-state index contributed by atoms with van der Waals surface area (Å²) in [4.78, 5) is 24.5. The molecule has 1 aromatic heterocycles. The van der Waals surface area contributed by atoms with Gasteiger partial charge >= 0.3 is 5.63 Å². The topological polar surface area (TPSA) is 75.0 Å². The van der Waals surface area contributed by atoms with Crippen LogP contribution in [0.25, 0.3) is 11.0 Å². The van der Waals surface area contributed by atoms with E-state index >= 15 is 0 Å². The molecular weight excluding hydrogens is 312 g/mol. The minimum absolute atomic E-state index is 0.000731. The third-order valence-corrected chi connectivity index (χ3v) is 5.44. The van der Waals surface area contributed by atoms with Crippen molar-refractivity contribution in [2.45, 2.75) is 37.9 Å². The quantitative estimate of drug-likeness (QED) is 0.749. The van der Waals surface area contributed by atoms with E-state index in [1.54, 1.807) is 7.11 Å². The summed E-state index contributed by atoms with van der Waals surface area (Å²) >= 11 is 0. The van der Waals surface area contributed by atoms with Gasteiger partial charge in [-0.2, -0.15) is 0 Å². The van der Waals surface area contributed by atoms with Crippen molar-refractivity contribution < 1.29 is 23.4 Å². The van der Waals surface area contributed by atoms with Gasteiger partial charge in [-0.05, 0) is 18.4 Å². The molecule has 2 aromatic rings. The first-order valence-corrected chi connectivity index (χ1v) is 8.10. The number of rotatable bonds is 1. The van der Waals surface area contributed by atoms with Gasteiger partial charge in [-0.15, -0.1) is 0 Å². The summed E-state index contributed by atoms with van der Waals surface area (Å²) in [6.45, 7) is 2.50. The standard InChI is InChI=1S/C18H16O6/c1-18-9(5-6-22-18)15-12(24-18)7-11(21-2)14-8-3-4-10(19)13(8)17(20)23-16(14)15/h7,9H,3-6H2,1-2H3. The van der Waals surface area contributed by atoms with Gasteiger partial charge in [-0.3, -0.25) is 4.79 Å². The molecule has 0 saturated carbocycles. The lowest BCUT2D eigenvalue weighted by molar-refractivity contribution is -0.130. The van der Waals surface area contributed by atoms with E-state index in [0.29, 0.717) is 36.5 Å². The van der Waals surface area contributed by atoms with Crippen LogP contribution >= 0.6 is 0 Å². The maximum absolute atomic E-state index is 12.4. The molecule has 1 aliphatic carbocycles. The van der Waals surface area contributed by atoms with Crippen LogP contribution in [0, 0.1) is 0 Å². The summed E-state index contributed by atoms with van der Waals surface area (Å²) in [7, 11) is 1.56. The van der Waals surface area contributed by atoms with Crippen molar-refractivity contribution in [3.8, 4) is 11.5 Å². The maximum Gasteiger partial charge on any atom is 0.347 e. The van der Waals surface area contributed by atoms with E-state index in [1.165, 1.54) is 0 Å². The van der Waals surface area contributed by atoms with Gasteiger partial charge in [0.25, 0.3) is 0 Å². The molecule has 0 bridgehead atoms. The average Bonchev–Trinajstić information content (AvgIpc) is 3.17. The Hall–Kier alpha value is -2.34. The number of ether oxygens (including phenoxy) is 3. The first-order valence-electron chi connectivity index (χ1n) is 8.10. The number of Topliss-reactive ketones (excluding diaryl/α,β-unsaturated/α-hetero) is 1. The summed E-state index contributed by atoms with van der Waals surface area (Å²) in [6, 6.07) is 1.81. The normalized spacial score (nSPS) is 27.1. The summed E-state index contributed by atoms with van der Waals surface area (Å²) < 4.78 is 22.9. The fraction of sp³-hybridized carbons (Fsp3) is 0.444. The minimum atomic E-state index is -0.741. The molecule has 3 aliphatic rings. The van der Waals surface area contributed by atoms with E-state index < -0.39 is 11.4 Å². The number of ketones is 1. The zero-order valence-corrected chi connectivity index (χ0v) is 13.4. The van der Waals surface area contributed by atoms with Crippen molar-refractivity contribution in [1.82, 2.24) is 0 Å². The fourth-order valence-corrected chi connectivity index (χ4v) is 4.35. The summed E-state index contributed by atoms with van der Waals surface area (Å²) in [5.74, 6) is 0.281. The molecule has 24 heavy (non-hydrogen) atoms. The first-order chi connectivity index (χ1) is 11.5. The van der Waals surface area contributed by atoms with Gasteiger partial charge in [-0.25, -0.2) is 4.79 Å². The maximum atomic E-state index is 12.4. The number of methoxy groups -OCH3 is 1. The molecule has 6 heteroatoms. The smallest absolute Gasteiger partial charge is 0.347 e. The van der Waals surface area contributed by atoms with Gasteiger partial charge in [-0.1, -0.05) is 0 Å². The lowest BCUT2D eigenvalue weighted by Crippen LogP contribution is -2.31. The molecule has 0 amide bonds. The van der Waals surface area contributed by atoms with Crippen molar-refractivity contribution >= 4 is 16.8 Å². The zero-order chi connectivity index (χ0) is 16.6. The van der Waals surface area contributed by atoms with Gasteiger partial charge in [0.15, 0.2) is 5.78 Å². The molecule has 2 atom stereocenters. The molecule has 1 fully saturated rings. The van der Waals surface area contributed by atoms with Crippen molar-refractivity contribution in [1.29, 1.82) is 0 Å². The second-order valence-corrected chi connectivity index (χ2v) is 6.67. The number of hydrogen-bond donors (Lipinski definition) is 0. The summed E-state index contributed by atoms with van der Waals surface area (Å²) in [5.41, 5.74) is 1.67. The SMILES string of the molecule is COc1cc2c(c3oc(=O)c4c(c13)CCC4=O)C1CCOC1(C)O2. The molecule has 3 heterocycles.